The Morgan fingerprint density at radius 3 is 2.65 bits per heavy atom. The fourth-order valence-corrected chi connectivity index (χ4v) is 2.93. The van der Waals surface area contributed by atoms with Crippen LogP contribution in [0.2, 0.25) is 0 Å². The van der Waals surface area contributed by atoms with Gasteiger partial charge in [-0.1, -0.05) is 26.0 Å². The van der Waals surface area contributed by atoms with Gasteiger partial charge in [0.15, 0.2) is 0 Å². The van der Waals surface area contributed by atoms with Crippen LogP contribution < -0.4 is 10.1 Å². The summed E-state index contributed by atoms with van der Waals surface area (Å²) in [5.41, 5.74) is 2.71. The van der Waals surface area contributed by atoms with E-state index in [-0.39, 0.29) is 0 Å². The van der Waals surface area contributed by atoms with Gasteiger partial charge in [0.05, 0.1) is 7.11 Å². The van der Waals surface area contributed by atoms with Gasteiger partial charge in [-0.15, -0.1) is 0 Å². The summed E-state index contributed by atoms with van der Waals surface area (Å²) in [5, 5.41) is 3.47. The molecular weight excluding hydrogens is 248 g/mol. The van der Waals surface area contributed by atoms with Crippen LogP contribution in [0.4, 0.5) is 0 Å². The highest BCUT2D eigenvalue weighted by molar-refractivity contribution is 5.40. The van der Waals surface area contributed by atoms with Crippen LogP contribution in [-0.2, 0) is 0 Å². The van der Waals surface area contributed by atoms with Crippen LogP contribution in [0.25, 0.3) is 0 Å². The number of nitrogens with one attached hydrogen (secondary N) is 1. The van der Waals surface area contributed by atoms with Gasteiger partial charge < -0.3 is 10.1 Å². The van der Waals surface area contributed by atoms with Crippen molar-refractivity contribution < 1.29 is 4.74 Å². The van der Waals surface area contributed by atoms with E-state index in [0.717, 1.165) is 25.4 Å². The molecule has 2 rings (SSSR count). The maximum absolute atomic E-state index is 5.48. The number of nitrogens with zero attached hydrogens (tertiary/aromatic N) is 1. The van der Waals surface area contributed by atoms with Crippen molar-refractivity contribution in [2.24, 2.45) is 0 Å². The van der Waals surface area contributed by atoms with E-state index in [4.69, 9.17) is 4.74 Å². The van der Waals surface area contributed by atoms with E-state index in [1.807, 2.05) is 0 Å². The van der Waals surface area contributed by atoms with Crippen molar-refractivity contribution in [3.63, 3.8) is 0 Å². The topological polar surface area (TPSA) is 24.5 Å². The Bertz CT molecular complexity index is 423. The standard InChI is InChI=1S/C17H28N2O/c1-13(2)16-12-15(6-7-17(16)20-4)14(3)19-10-5-8-18-9-11-19/h6-7,12-14,18H,5,8-11H2,1-4H3. The third-order valence-corrected chi connectivity index (χ3v) is 4.28. The van der Waals surface area contributed by atoms with E-state index in [1.54, 1.807) is 7.11 Å². The summed E-state index contributed by atoms with van der Waals surface area (Å²) in [5.74, 6) is 1.50. The molecule has 0 saturated carbocycles. The molecule has 1 unspecified atom stereocenters. The molecule has 3 nitrogen and oxygen atoms in total. The number of hydrogen-bond donors (Lipinski definition) is 1. The van der Waals surface area contributed by atoms with Crippen molar-refractivity contribution in [2.45, 2.75) is 39.2 Å². The molecule has 3 heteroatoms. The van der Waals surface area contributed by atoms with Crippen molar-refractivity contribution >= 4 is 0 Å². The van der Waals surface area contributed by atoms with Gasteiger partial charge in [0.1, 0.15) is 5.75 Å². The molecule has 0 spiro atoms. The quantitative estimate of drug-likeness (QED) is 0.914. The maximum Gasteiger partial charge on any atom is 0.122 e. The van der Waals surface area contributed by atoms with Crippen LogP contribution in [0.1, 0.15) is 50.3 Å². The lowest BCUT2D eigenvalue weighted by Crippen LogP contribution is -2.30. The summed E-state index contributed by atoms with van der Waals surface area (Å²) in [6, 6.07) is 7.13. The lowest BCUT2D eigenvalue weighted by atomic mass is 9.96. The highest BCUT2D eigenvalue weighted by atomic mass is 16.5. The molecule has 0 aromatic heterocycles. The Morgan fingerprint density at radius 1 is 1.15 bits per heavy atom. The molecule has 0 bridgehead atoms. The van der Waals surface area contributed by atoms with E-state index in [2.05, 4.69) is 49.2 Å². The van der Waals surface area contributed by atoms with Gasteiger partial charge in [-0.05, 0) is 49.5 Å². The molecule has 1 atom stereocenters. The highest BCUT2D eigenvalue weighted by Gasteiger charge is 2.18. The van der Waals surface area contributed by atoms with Gasteiger partial charge in [-0.25, -0.2) is 0 Å². The molecule has 0 radical (unpaired) electrons. The van der Waals surface area contributed by atoms with E-state index in [1.165, 1.54) is 24.1 Å². The average molecular weight is 276 g/mol. The Morgan fingerprint density at radius 2 is 1.95 bits per heavy atom. The second kappa shape index (κ2) is 7.09. The predicted molar refractivity (Wildman–Crippen MR) is 84.6 cm³/mol. The summed E-state index contributed by atoms with van der Waals surface area (Å²) < 4.78 is 5.48. The Hall–Kier alpha value is -1.06. The summed E-state index contributed by atoms with van der Waals surface area (Å²) >= 11 is 0. The van der Waals surface area contributed by atoms with Gasteiger partial charge in [0.25, 0.3) is 0 Å². The summed E-state index contributed by atoms with van der Waals surface area (Å²) in [6.45, 7) is 11.3. The number of rotatable bonds is 4. The van der Waals surface area contributed by atoms with Gasteiger partial charge in [0.2, 0.25) is 0 Å². The fourth-order valence-electron chi connectivity index (χ4n) is 2.93. The first-order chi connectivity index (χ1) is 9.63. The minimum Gasteiger partial charge on any atom is -0.496 e. The second-order valence-corrected chi connectivity index (χ2v) is 5.97. The second-order valence-electron chi connectivity index (χ2n) is 5.97. The number of hydrogen-bond acceptors (Lipinski definition) is 3. The zero-order valence-corrected chi connectivity index (χ0v) is 13.3. The lowest BCUT2D eigenvalue weighted by Gasteiger charge is -2.28. The first kappa shape index (κ1) is 15.3. The Balaban J connectivity index is 2.20. The molecule has 20 heavy (non-hydrogen) atoms. The van der Waals surface area contributed by atoms with Crippen LogP contribution in [0.3, 0.4) is 0 Å². The van der Waals surface area contributed by atoms with Gasteiger partial charge >= 0.3 is 0 Å². The molecule has 1 aliphatic heterocycles. The van der Waals surface area contributed by atoms with E-state index in [0.29, 0.717) is 12.0 Å². The van der Waals surface area contributed by atoms with Crippen LogP contribution in [0, 0.1) is 0 Å². The van der Waals surface area contributed by atoms with Crippen molar-refractivity contribution in [2.75, 3.05) is 33.3 Å². The molecule has 112 valence electrons. The predicted octanol–water partition coefficient (Wildman–Crippen LogP) is 3.17. The monoisotopic (exact) mass is 276 g/mol. The molecular formula is C17H28N2O. The molecule has 1 heterocycles. The zero-order valence-electron chi connectivity index (χ0n) is 13.3. The molecule has 1 aliphatic rings. The number of methoxy groups -OCH3 is 1. The molecule has 1 N–H and O–H groups in total. The highest BCUT2D eigenvalue weighted by Crippen LogP contribution is 2.31. The van der Waals surface area contributed by atoms with Crippen molar-refractivity contribution in [3.05, 3.63) is 29.3 Å². The number of ether oxygens (including phenoxy) is 1. The summed E-state index contributed by atoms with van der Waals surface area (Å²) in [6.07, 6.45) is 1.23. The number of benzene rings is 1. The smallest absolute Gasteiger partial charge is 0.122 e. The Labute approximate surface area is 123 Å². The molecule has 0 amide bonds. The Kier molecular flexibility index (Phi) is 5.44. The van der Waals surface area contributed by atoms with E-state index in [9.17, 15) is 0 Å². The van der Waals surface area contributed by atoms with Crippen LogP contribution in [0.15, 0.2) is 18.2 Å². The molecule has 0 aliphatic carbocycles. The first-order valence-corrected chi connectivity index (χ1v) is 7.76. The zero-order chi connectivity index (χ0) is 14.5. The maximum atomic E-state index is 5.48. The first-order valence-electron chi connectivity index (χ1n) is 7.76. The fraction of sp³-hybridized carbons (Fsp3) is 0.647. The van der Waals surface area contributed by atoms with Crippen molar-refractivity contribution in [3.8, 4) is 5.75 Å². The van der Waals surface area contributed by atoms with Gasteiger partial charge in [0, 0.05) is 19.1 Å². The molecule has 1 saturated heterocycles. The normalized spacial score (nSPS) is 18.9. The van der Waals surface area contributed by atoms with Gasteiger partial charge in [-0.3, -0.25) is 4.90 Å². The van der Waals surface area contributed by atoms with E-state index < -0.39 is 0 Å². The lowest BCUT2D eigenvalue weighted by molar-refractivity contribution is 0.225. The van der Waals surface area contributed by atoms with Crippen molar-refractivity contribution in [1.82, 2.24) is 10.2 Å². The summed E-state index contributed by atoms with van der Waals surface area (Å²) in [7, 11) is 1.75. The van der Waals surface area contributed by atoms with Crippen molar-refractivity contribution in [1.29, 1.82) is 0 Å². The molecule has 1 aromatic rings. The molecule has 1 fully saturated rings. The van der Waals surface area contributed by atoms with Crippen LogP contribution in [0.5, 0.6) is 5.75 Å². The van der Waals surface area contributed by atoms with Gasteiger partial charge in [-0.2, -0.15) is 0 Å². The van der Waals surface area contributed by atoms with Crippen LogP contribution in [-0.4, -0.2) is 38.2 Å². The average Bonchev–Trinajstić information content (AvgIpc) is 2.74. The third-order valence-electron chi connectivity index (χ3n) is 4.28. The molecule has 1 aromatic carbocycles. The van der Waals surface area contributed by atoms with Crippen LogP contribution >= 0.6 is 0 Å². The third kappa shape index (κ3) is 3.53. The SMILES string of the molecule is COc1ccc(C(C)N2CCCNCC2)cc1C(C)C. The van der Waals surface area contributed by atoms with E-state index >= 15 is 0 Å². The summed E-state index contributed by atoms with van der Waals surface area (Å²) in [4.78, 5) is 2.58. The minimum absolute atomic E-state index is 0.471. The largest absolute Gasteiger partial charge is 0.496 e. The minimum atomic E-state index is 0.471.